The first-order valence-electron chi connectivity index (χ1n) is 10.7. The quantitative estimate of drug-likeness (QED) is 0.597. The van der Waals surface area contributed by atoms with Crippen molar-refractivity contribution >= 4 is 21.8 Å². The van der Waals surface area contributed by atoms with E-state index in [0.29, 0.717) is 51.9 Å². The van der Waals surface area contributed by atoms with Gasteiger partial charge in [0.05, 0.1) is 0 Å². The number of sulfonamides is 1. The number of piperidine rings is 1. The Morgan fingerprint density at radius 3 is 2.73 bits per heavy atom. The van der Waals surface area contributed by atoms with Crippen molar-refractivity contribution in [3.63, 3.8) is 0 Å². The Balaban J connectivity index is 1.41. The first kappa shape index (κ1) is 22.7. The third-order valence-electron chi connectivity index (χ3n) is 5.81. The van der Waals surface area contributed by atoms with Crippen molar-refractivity contribution in [3.8, 4) is 0 Å². The second-order valence-corrected chi connectivity index (χ2v) is 9.93. The van der Waals surface area contributed by atoms with Crippen LogP contribution in [0.5, 0.6) is 0 Å². The molecule has 1 N–H and O–H groups in total. The lowest BCUT2D eigenvalue weighted by atomic mass is 9.94. The SMILES string of the molecule is O=C(CCC1CCCN(S(=O)(=O)c2ccccc2F)C1)NCCCN1CCCC1=O. The first-order chi connectivity index (χ1) is 14.4. The van der Waals surface area contributed by atoms with E-state index in [1.807, 2.05) is 4.90 Å². The maximum Gasteiger partial charge on any atom is 0.245 e. The van der Waals surface area contributed by atoms with Crippen LogP contribution in [0.1, 0.15) is 44.9 Å². The number of benzene rings is 1. The highest BCUT2D eigenvalue weighted by atomic mass is 32.2. The minimum atomic E-state index is -3.87. The van der Waals surface area contributed by atoms with E-state index in [4.69, 9.17) is 0 Å². The lowest BCUT2D eigenvalue weighted by Crippen LogP contribution is -2.40. The lowest BCUT2D eigenvalue weighted by Gasteiger charge is -2.32. The van der Waals surface area contributed by atoms with E-state index in [-0.39, 0.29) is 22.6 Å². The van der Waals surface area contributed by atoms with E-state index in [1.54, 1.807) is 0 Å². The largest absolute Gasteiger partial charge is 0.356 e. The molecular weight excluding hydrogens is 409 g/mol. The van der Waals surface area contributed by atoms with Crippen LogP contribution in [0.4, 0.5) is 4.39 Å². The van der Waals surface area contributed by atoms with Gasteiger partial charge < -0.3 is 10.2 Å². The average Bonchev–Trinajstić information content (AvgIpc) is 3.15. The van der Waals surface area contributed by atoms with E-state index in [1.165, 1.54) is 22.5 Å². The summed E-state index contributed by atoms with van der Waals surface area (Å²) in [6.45, 7) is 2.68. The normalized spacial score (nSPS) is 20.5. The number of carbonyl (C=O) groups is 2. The highest BCUT2D eigenvalue weighted by molar-refractivity contribution is 7.89. The fraction of sp³-hybridized carbons (Fsp3) is 0.619. The molecule has 2 amide bonds. The summed E-state index contributed by atoms with van der Waals surface area (Å²) in [6.07, 6.45) is 4.75. The Morgan fingerprint density at radius 2 is 2.00 bits per heavy atom. The highest BCUT2D eigenvalue weighted by Crippen LogP contribution is 2.27. The monoisotopic (exact) mass is 439 g/mol. The fourth-order valence-electron chi connectivity index (χ4n) is 4.14. The molecule has 0 bridgehead atoms. The van der Waals surface area contributed by atoms with Gasteiger partial charge in [0.15, 0.2) is 0 Å². The van der Waals surface area contributed by atoms with Gasteiger partial charge in [-0.2, -0.15) is 4.31 Å². The summed E-state index contributed by atoms with van der Waals surface area (Å²) in [5.74, 6) is -0.534. The molecule has 0 aromatic heterocycles. The Kier molecular flexibility index (Phi) is 7.82. The van der Waals surface area contributed by atoms with Crippen LogP contribution in [0.2, 0.25) is 0 Å². The molecule has 0 spiro atoms. The van der Waals surface area contributed by atoms with Crippen molar-refractivity contribution in [1.82, 2.24) is 14.5 Å². The zero-order chi connectivity index (χ0) is 21.6. The zero-order valence-corrected chi connectivity index (χ0v) is 18.0. The Morgan fingerprint density at radius 1 is 1.20 bits per heavy atom. The van der Waals surface area contributed by atoms with Crippen LogP contribution in [0.25, 0.3) is 0 Å². The van der Waals surface area contributed by atoms with Crippen LogP contribution in [-0.2, 0) is 19.6 Å². The van der Waals surface area contributed by atoms with Gasteiger partial charge in [0.25, 0.3) is 0 Å². The van der Waals surface area contributed by atoms with Gasteiger partial charge in [-0.25, -0.2) is 12.8 Å². The molecule has 0 aliphatic carbocycles. The fourth-order valence-corrected chi connectivity index (χ4v) is 5.76. The van der Waals surface area contributed by atoms with E-state index in [9.17, 15) is 22.4 Å². The number of hydrogen-bond acceptors (Lipinski definition) is 4. The van der Waals surface area contributed by atoms with Gasteiger partial charge in [-0.3, -0.25) is 9.59 Å². The summed E-state index contributed by atoms with van der Waals surface area (Å²) in [5.41, 5.74) is 0. The predicted molar refractivity (Wildman–Crippen MR) is 111 cm³/mol. The maximum absolute atomic E-state index is 14.0. The number of nitrogens with zero attached hydrogens (tertiary/aromatic N) is 2. The average molecular weight is 440 g/mol. The molecule has 2 saturated heterocycles. The molecule has 2 aliphatic rings. The van der Waals surface area contributed by atoms with Gasteiger partial charge in [0, 0.05) is 45.6 Å². The second-order valence-electron chi connectivity index (χ2n) is 8.03. The molecule has 1 unspecified atom stereocenters. The molecule has 30 heavy (non-hydrogen) atoms. The number of likely N-dealkylation sites (tertiary alicyclic amines) is 1. The van der Waals surface area contributed by atoms with E-state index < -0.39 is 15.8 Å². The molecule has 2 fully saturated rings. The summed E-state index contributed by atoms with van der Waals surface area (Å²) in [5, 5.41) is 2.88. The summed E-state index contributed by atoms with van der Waals surface area (Å²) < 4.78 is 40.9. The molecule has 0 radical (unpaired) electrons. The number of hydrogen-bond donors (Lipinski definition) is 1. The zero-order valence-electron chi connectivity index (χ0n) is 17.2. The van der Waals surface area contributed by atoms with Gasteiger partial charge >= 0.3 is 0 Å². The lowest BCUT2D eigenvalue weighted by molar-refractivity contribution is -0.127. The van der Waals surface area contributed by atoms with Crippen molar-refractivity contribution in [1.29, 1.82) is 0 Å². The molecule has 1 aromatic rings. The molecule has 1 aromatic carbocycles. The summed E-state index contributed by atoms with van der Waals surface area (Å²) >= 11 is 0. The smallest absolute Gasteiger partial charge is 0.245 e. The third kappa shape index (κ3) is 5.78. The van der Waals surface area contributed by atoms with Crippen molar-refractivity contribution in [2.45, 2.75) is 49.8 Å². The molecule has 7 nitrogen and oxygen atoms in total. The number of nitrogens with one attached hydrogen (secondary N) is 1. The highest BCUT2D eigenvalue weighted by Gasteiger charge is 2.32. The second kappa shape index (κ2) is 10.3. The van der Waals surface area contributed by atoms with E-state index in [2.05, 4.69) is 5.32 Å². The van der Waals surface area contributed by atoms with Crippen LogP contribution < -0.4 is 5.32 Å². The molecule has 1 atom stereocenters. The molecule has 2 aliphatic heterocycles. The van der Waals surface area contributed by atoms with Crippen LogP contribution >= 0.6 is 0 Å². The van der Waals surface area contributed by atoms with Crippen LogP contribution in [-0.4, -0.2) is 62.2 Å². The number of halogens is 1. The van der Waals surface area contributed by atoms with Crippen molar-refractivity contribution < 1.29 is 22.4 Å². The minimum Gasteiger partial charge on any atom is -0.356 e. The molecular formula is C21H30FN3O4S. The molecule has 9 heteroatoms. The van der Waals surface area contributed by atoms with Gasteiger partial charge in [0.2, 0.25) is 21.8 Å². The Bertz CT molecular complexity index is 862. The van der Waals surface area contributed by atoms with Gasteiger partial charge in [-0.15, -0.1) is 0 Å². The first-order valence-corrected chi connectivity index (χ1v) is 12.1. The van der Waals surface area contributed by atoms with Crippen LogP contribution in [0.15, 0.2) is 29.2 Å². The van der Waals surface area contributed by atoms with Gasteiger partial charge in [-0.05, 0) is 50.2 Å². The standard InChI is InChI=1S/C21H30FN3O4S/c22-18-7-1-2-8-19(18)30(28,29)25-15-3-6-17(16-25)10-11-20(26)23-12-5-14-24-13-4-9-21(24)27/h1-2,7-8,17H,3-6,9-16H2,(H,23,26). The Labute approximate surface area is 177 Å². The Hall–Kier alpha value is -2.00. The van der Waals surface area contributed by atoms with Crippen molar-refractivity contribution in [2.24, 2.45) is 5.92 Å². The summed E-state index contributed by atoms with van der Waals surface area (Å²) in [4.78, 5) is 25.2. The molecule has 166 valence electrons. The molecule has 0 saturated carbocycles. The van der Waals surface area contributed by atoms with Gasteiger partial charge in [0.1, 0.15) is 10.7 Å². The number of amides is 2. The van der Waals surface area contributed by atoms with Crippen LogP contribution in [0, 0.1) is 11.7 Å². The topological polar surface area (TPSA) is 86.8 Å². The molecule has 2 heterocycles. The minimum absolute atomic E-state index is 0.0585. The maximum atomic E-state index is 14.0. The third-order valence-corrected chi connectivity index (χ3v) is 7.71. The summed E-state index contributed by atoms with van der Waals surface area (Å²) in [6, 6.07) is 5.42. The van der Waals surface area contributed by atoms with Gasteiger partial charge in [-0.1, -0.05) is 12.1 Å². The van der Waals surface area contributed by atoms with Crippen molar-refractivity contribution in [3.05, 3.63) is 30.1 Å². The predicted octanol–water partition coefficient (Wildman–Crippen LogP) is 2.14. The molecule has 3 rings (SSSR count). The van der Waals surface area contributed by atoms with E-state index in [0.717, 1.165) is 31.9 Å². The van der Waals surface area contributed by atoms with E-state index >= 15 is 0 Å². The number of carbonyl (C=O) groups excluding carboxylic acids is 2. The summed E-state index contributed by atoms with van der Waals surface area (Å²) in [7, 11) is -3.87. The van der Waals surface area contributed by atoms with Crippen LogP contribution in [0.3, 0.4) is 0 Å². The number of rotatable bonds is 9. The van der Waals surface area contributed by atoms with Crippen molar-refractivity contribution in [2.75, 3.05) is 32.7 Å².